The molecule has 1 nitrogen and oxygen atoms in total. The highest BCUT2D eigenvalue weighted by molar-refractivity contribution is 7.99. The fraction of sp³-hybridized carbons (Fsp3) is 0.143. The summed E-state index contributed by atoms with van der Waals surface area (Å²) in [4.78, 5) is 1.31. The predicted octanol–water partition coefficient (Wildman–Crippen LogP) is 4.54. The molecule has 0 aliphatic heterocycles. The van der Waals surface area contributed by atoms with Gasteiger partial charge in [0.15, 0.2) is 0 Å². The van der Waals surface area contributed by atoms with Crippen LogP contribution in [0, 0.1) is 0 Å². The molecule has 0 bridgehead atoms. The van der Waals surface area contributed by atoms with Crippen molar-refractivity contribution >= 4 is 29.1 Å². The fourth-order valence-corrected chi connectivity index (χ4v) is 2.46. The maximum absolute atomic E-state index is 5.91. The predicted molar refractivity (Wildman–Crippen MR) is 77.1 cm³/mol. The van der Waals surface area contributed by atoms with Crippen molar-refractivity contribution in [2.24, 2.45) is 0 Å². The van der Waals surface area contributed by atoms with Crippen molar-refractivity contribution in [2.75, 3.05) is 17.6 Å². The van der Waals surface area contributed by atoms with Gasteiger partial charge < -0.3 is 5.32 Å². The Hall–Kier alpha value is -1.12. The van der Waals surface area contributed by atoms with Gasteiger partial charge in [0.2, 0.25) is 0 Å². The van der Waals surface area contributed by atoms with Crippen molar-refractivity contribution in [3.8, 4) is 0 Å². The van der Waals surface area contributed by atoms with E-state index in [0.717, 1.165) is 23.0 Å². The summed E-state index contributed by atoms with van der Waals surface area (Å²) in [5, 5.41) is 4.12. The second-order valence-corrected chi connectivity index (χ2v) is 5.20. The lowest BCUT2D eigenvalue weighted by Crippen LogP contribution is -2.03. The number of thioether (sulfide) groups is 1. The monoisotopic (exact) mass is 263 g/mol. The van der Waals surface area contributed by atoms with Gasteiger partial charge in [-0.15, -0.1) is 11.8 Å². The zero-order chi connectivity index (χ0) is 11.9. The normalized spacial score (nSPS) is 10.2. The Kier molecular flexibility index (Phi) is 4.77. The third kappa shape index (κ3) is 4.33. The van der Waals surface area contributed by atoms with Crippen LogP contribution in [0.25, 0.3) is 0 Å². The molecule has 2 rings (SSSR count). The van der Waals surface area contributed by atoms with E-state index in [4.69, 9.17) is 11.6 Å². The molecule has 0 radical (unpaired) electrons. The van der Waals surface area contributed by atoms with Gasteiger partial charge in [-0.3, -0.25) is 0 Å². The summed E-state index contributed by atoms with van der Waals surface area (Å²) in [7, 11) is 0. The minimum absolute atomic E-state index is 0.769. The number of hydrogen-bond donors (Lipinski definition) is 1. The Labute approximate surface area is 111 Å². The van der Waals surface area contributed by atoms with Crippen molar-refractivity contribution < 1.29 is 0 Å². The summed E-state index contributed by atoms with van der Waals surface area (Å²) in [6.45, 7) is 0.930. The first-order valence-electron chi connectivity index (χ1n) is 5.52. The van der Waals surface area contributed by atoms with Gasteiger partial charge in [0.25, 0.3) is 0 Å². The van der Waals surface area contributed by atoms with Gasteiger partial charge in [-0.2, -0.15) is 0 Å². The number of anilines is 1. The molecule has 0 aliphatic rings. The van der Waals surface area contributed by atoms with Gasteiger partial charge in [-0.25, -0.2) is 0 Å². The number of halogens is 1. The van der Waals surface area contributed by atoms with Gasteiger partial charge in [-0.1, -0.05) is 35.9 Å². The Morgan fingerprint density at radius 2 is 1.82 bits per heavy atom. The average molecular weight is 264 g/mol. The van der Waals surface area contributed by atoms with E-state index in [-0.39, 0.29) is 0 Å². The molecule has 2 aromatic rings. The molecule has 0 unspecified atom stereocenters. The Morgan fingerprint density at radius 3 is 2.59 bits per heavy atom. The van der Waals surface area contributed by atoms with Crippen LogP contribution in [0.15, 0.2) is 59.5 Å². The van der Waals surface area contributed by atoms with Crippen LogP contribution < -0.4 is 5.32 Å². The maximum Gasteiger partial charge on any atom is 0.0426 e. The van der Waals surface area contributed by atoms with Crippen LogP contribution in [0.3, 0.4) is 0 Å². The molecule has 0 spiro atoms. The van der Waals surface area contributed by atoms with E-state index < -0.39 is 0 Å². The molecule has 0 atom stereocenters. The highest BCUT2D eigenvalue weighted by Gasteiger charge is 1.94. The molecular formula is C14H14ClNS. The lowest BCUT2D eigenvalue weighted by atomic mass is 10.3. The number of rotatable bonds is 5. The number of benzene rings is 2. The van der Waals surface area contributed by atoms with E-state index in [2.05, 4.69) is 29.6 Å². The minimum Gasteiger partial charge on any atom is -0.384 e. The molecule has 0 aromatic heterocycles. The summed E-state index contributed by atoms with van der Waals surface area (Å²) < 4.78 is 0. The Morgan fingerprint density at radius 1 is 1.00 bits per heavy atom. The van der Waals surface area contributed by atoms with Crippen molar-refractivity contribution in [1.82, 2.24) is 0 Å². The largest absolute Gasteiger partial charge is 0.384 e. The molecule has 0 saturated heterocycles. The van der Waals surface area contributed by atoms with Crippen LogP contribution in [0.4, 0.5) is 5.69 Å². The van der Waals surface area contributed by atoms with E-state index in [1.807, 2.05) is 42.1 Å². The van der Waals surface area contributed by atoms with Gasteiger partial charge in [0.05, 0.1) is 0 Å². The van der Waals surface area contributed by atoms with E-state index in [1.165, 1.54) is 4.90 Å². The molecule has 0 heterocycles. The van der Waals surface area contributed by atoms with Crippen molar-refractivity contribution in [2.45, 2.75) is 4.90 Å². The lowest BCUT2D eigenvalue weighted by Gasteiger charge is -2.06. The summed E-state index contributed by atoms with van der Waals surface area (Å²) in [6, 6.07) is 18.2. The lowest BCUT2D eigenvalue weighted by molar-refractivity contribution is 1.22. The molecule has 0 aliphatic carbocycles. The fourth-order valence-electron chi connectivity index (χ4n) is 1.48. The second-order valence-electron chi connectivity index (χ2n) is 3.60. The maximum atomic E-state index is 5.91. The zero-order valence-electron chi connectivity index (χ0n) is 9.40. The highest BCUT2D eigenvalue weighted by atomic mass is 35.5. The quantitative estimate of drug-likeness (QED) is 0.628. The van der Waals surface area contributed by atoms with E-state index >= 15 is 0 Å². The minimum atomic E-state index is 0.769. The third-order valence-corrected chi connectivity index (χ3v) is 3.52. The molecule has 0 amide bonds. The third-order valence-electron chi connectivity index (χ3n) is 2.27. The van der Waals surface area contributed by atoms with Gasteiger partial charge in [0.1, 0.15) is 0 Å². The standard InChI is InChI=1S/C14H14ClNS/c15-12-5-4-6-13(11-12)16-9-10-17-14-7-2-1-3-8-14/h1-8,11,16H,9-10H2. The number of hydrogen-bond acceptors (Lipinski definition) is 2. The van der Waals surface area contributed by atoms with E-state index in [1.54, 1.807) is 0 Å². The number of nitrogens with one attached hydrogen (secondary N) is 1. The Bertz CT molecular complexity index is 459. The molecule has 0 saturated carbocycles. The first-order valence-corrected chi connectivity index (χ1v) is 6.88. The van der Waals surface area contributed by atoms with Crippen molar-refractivity contribution in [3.63, 3.8) is 0 Å². The highest BCUT2D eigenvalue weighted by Crippen LogP contribution is 2.18. The van der Waals surface area contributed by atoms with Gasteiger partial charge >= 0.3 is 0 Å². The zero-order valence-corrected chi connectivity index (χ0v) is 11.0. The first-order chi connectivity index (χ1) is 8.34. The molecule has 17 heavy (non-hydrogen) atoms. The summed E-state index contributed by atoms with van der Waals surface area (Å²) in [5.41, 5.74) is 1.08. The van der Waals surface area contributed by atoms with Crippen LogP contribution in [0.2, 0.25) is 5.02 Å². The van der Waals surface area contributed by atoms with Gasteiger partial charge in [-0.05, 0) is 30.3 Å². The smallest absolute Gasteiger partial charge is 0.0426 e. The summed E-state index contributed by atoms with van der Waals surface area (Å²) in [5.74, 6) is 1.04. The molecule has 1 N–H and O–H groups in total. The molecule has 2 aromatic carbocycles. The SMILES string of the molecule is Clc1cccc(NCCSc2ccccc2)c1. The van der Waals surface area contributed by atoms with Crippen LogP contribution in [-0.2, 0) is 0 Å². The molecule has 88 valence electrons. The molecular weight excluding hydrogens is 250 g/mol. The van der Waals surface area contributed by atoms with Crippen LogP contribution in [0.1, 0.15) is 0 Å². The molecule has 0 fully saturated rings. The van der Waals surface area contributed by atoms with Gasteiger partial charge in [0, 0.05) is 27.9 Å². The topological polar surface area (TPSA) is 12.0 Å². The van der Waals surface area contributed by atoms with Crippen molar-refractivity contribution in [3.05, 3.63) is 59.6 Å². The van der Waals surface area contributed by atoms with Crippen molar-refractivity contribution in [1.29, 1.82) is 0 Å². The van der Waals surface area contributed by atoms with E-state index in [0.29, 0.717) is 0 Å². The van der Waals surface area contributed by atoms with Crippen LogP contribution >= 0.6 is 23.4 Å². The summed E-state index contributed by atoms with van der Waals surface area (Å²) >= 11 is 7.76. The van der Waals surface area contributed by atoms with Crippen LogP contribution in [-0.4, -0.2) is 12.3 Å². The van der Waals surface area contributed by atoms with Crippen LogP contribution in [0.5, 0.6) is 0 Å². The Balaban J connectivity index is 1.73. The second kappa shape index (κ2) is 6.58. The van der Waals surface area contributed by atoms with E-state index in [9.17, 15) is 0 Å². The molecule has 3 heteroatoms. The first kappa shape index (κ1) is 12.3. The average Bonchev–Trinajstić information content (AvgIpc) is 2.36. The summed E-state index contributed by atoms with van der Waals surface area (Å²) in [6.07, 6.45) is 0.